The van der Waals surface area contributed by atoms with E-state index in [0.717, 1.165) is 6.42 Å². The van der Waals surface area contributed by atoms with Crippen LogP contribution in [0.25, 0.3) is 0 Å². The fourth-order valence-electron chi connectivity index (χ4n) is 2.03. The summed E-state index contributed by atoms with van der Waals surface area (Å²) >= 11 is 4.09. The summed E-state index contributed by atoms with van der Waals surface area (Å²) < 4.78 is 0. The monoisotopic (exact) mass is 278 g/mol. The Labute approximate surface area is 120 Å². The first kappa shape index (κ1) is 14.1. The lowest BCUT2D eigenvalue weighted by Gasteiger charge is -2.05. The molecule has 0 bridgehead atoms. The van der Waals surface area contributed by atoms with Crippen LogP contribution in [0.15, 0.2) is 47.4 Å². The lowest BCUT2D eigenvalue weighted by Crippen LogP contribution is -1.92. The van der Waals surface area contributed by atoms with Gasteiger partial charge < -0.3 is 0 Å². The van der Waals surface area contributed by atoms with E-state index in [1.807, 2.05) is 11.8 Å². The molecule has 0 fully saturated rings. The Morgan fingerprint density at radius 3 is 2.50 bits per heavy atom. The van der Waals surface area contributed by atoms with Crippen molar-refractivity contribution >= 4 is 23.5 Å². The molecular formula is C16H22S2. The van der Waals surface area contributed by atoms with Gasteiger partial charge in [0.25, 0.3) is 0 Å². The Kier molecular flexibility index (Phi) is 6.81. The predicted octanol–water partition coefficient (Wildman–Crippen LogP) is 5.35. The Morgan fingerprint density at radius 1 is 1.00 bits per heavy atom. The van der Waals surface area contributed by atoms with Gasteiger partial charge in [0.05, 0.1) is 0 Å². The highest BCUT2D eigenvalue weighted by molar-refractivity contribution is 8.03. The first-order chi connectivity index (χ1) is 8.95. The second kappa shape index (κ2) is 8.71. The number of allylic oxidation sites excluding steroid dienone is 5. The standard InChI is InChI=1S/C16H22S2/c1(7-13-17-15-9-3-4-10-15)2-8-14-18-16-11-5-6-12-16/h3-5,9-12,15H,1-2,6-8,13-14H2. The van der Waals surface area contributed by atoms with Crippen LogP contribution in [-0.2, 0) is 0 Å². The zero-order valence-corrected chi connectivity index (χ0v) is 12.5. The van der Waals surface area contributed by atoms with Crippen molar-refractivity contribution in [3.63, 3.8) is 0 Å². The van der Waals surface area contributed by atoms with Crippen molar-refractivity contribution in [1.82, 2.24) is 0 Å². The third-order valence-corrected chi connectivity index (χ3v) is 5.42. The molecule has 0 atom stereocenters. The first-order valence-corrected chi connectivity index (χ1v) is 8.95. The van der Waals surface area contributed by atoms with E-state index in [0.29, 0.717) is 5.25 Å². The van der Waals surface area contributed by atoms with Crippen LogP contribution in [0, 0.1) is 0 Å². The number of rotatable bonds is 9. The molecule has 0 aromatic rings. The summed E-state index contributed by atoms with van der Waals surface area (Å²) in [7, 11) is 0. The molecule has 2 aliphatic rings. The van der Waals surface area contributed by atoms with Crippen molar-refractivity contribution < 1.29 is 0 Å². The minimum absolute atomic E-state index is 0.654. The summed E-state index contributed by atoms with van der Waals surface area (Å²) in [6.45, 7) is 0. The Hall–Kier alpha value is -0.340. The van der Waals surface area contributed by atoms with Gasteiger partial charge in [0, 0.05) is 10.2 Å². The molecule has 0 unspecified atom stereocenters. The van der Waals surface area contributed by atoms with Crippen LogP contribution in [0.4, 0.5) is 0 Å². The van der Waals surface area contributed by atoms with E-state index in [1.54, 1.807) is 0 Å². The molecule has 2 heteroatoms. The van der Waals surface area contributed by atoms with E-state index in [-0.39, 0.29) is 0 Å². The smallest absolute Gasteiger partial charge is 0.0413 e. The molecule has 0 aliphatic heterocycles. The normalized spacial score (nSPS) is 17.9. The van der Waals surface area contributed by atoms with Gasteiger partial charge in [0.15, 0.2) is 0 Å². The van der Waals surface area contributed by atoms with Crippen molar-refractivity contribution in [2.45, 2.75) is 37.4 Å². The van der Waals surface area contributed by atoms with E-state index < -0.39 is 0 Å². The fraction of sp³-hybridized carbons (Fsp3) is 0.500. The van der Waals surface area contributed by atoms with Gasteiger partial charge in [-0.3, -0.25) is 0 Å². The van der Waals surface area contributed by atoms with Crippen molar-refractivity contribution in [2.24, 2.45) is 0 Å². The van der Waals surface area contributed by atoms with Crippen LogP contribution in [0.5, 0.6) is 0 Å². The van der Waals surface area contributed by atoms with Crippen LogP contribution in [0.3, 0.4) is 0 Å². The van der Waals surface area contributed by atoms with Crippen LogP contribution in [0.2, 0.25) is 0 Å². The molecular weight excluding hydrogens is 256 g/mol. The highest BCUT2D eigenvalue weighted by atomic mass is 32.2. The van der Waals surface area contributed by atoms with Crippen LogP contribution >= 0.6 is 23.5 Å². The zero-order valence-electron chi connectivity index (χ0n) is 10.9. The summed E-state index contributed by atoms with van der Waals surface area (Å²) in [6, 6.07) is 0. The molecule has 0 aromatic carbocycles. The van der Waals surface area contributed by atoms with Gasteiger partial charge in [-0.15, -0.1) is 11.8 Å². The lowest BCUT2D eigenvalue weighted by atomic mass is 10.2. The average molecular weight is 278 g/mol. The summed E-state index contributed by atoms with van der Waals surface area (Å²) in [4.78, 5) is 1.48. The highest BCUT2D eigenvalue weighted by Crippen LogP contribution is 2.24. The lowest BCUT2D eigenvalue weighted by molar-refractivity contribution is 0.711. The third kappa shape index (κ3) is 5.53. The molecule has 0 spiro atoms. The van der Waals surface area contributed by atoms with Crippen molar-refractivity contribution in [3.05, 3.63) is 47.4 Å². The molecule has 2 aliphatic carbocycles. The van der Waals surface area contributed by atoms with Gasteiger partial charge in [0.2, 0.25) is 0 Å². The molecule has 0 heterocycles. The van der Waals surface area contributed by atoms with Gasteiger partial charge in [-0.2, -0.15) is 11.8 Å². The van der Waals surface area contributed by atoms with Crippen molar-refractivity contribution in [1.29, 1.82) is 0 Å². The summed E-state index contributed by atoms with van der Waals surface area (Å²) in [5, 5.41) is 0.654. The largest absolute Gasteiger partial charge is 0.150 e. The molecule has 0 nitrogen and oxygen atoms in total. The molecule has 0 N–H and O–H groups in total. The number of unbranched alkanes of at least 4 members (excludes halogenated alkanes) is 3. The van der Waals surface area contributed by atoms with Crippen LogP contribution < -0.4 is 0 Å². The molecule has 0 saturated heterocycles. The van der Waals surface area contributed by atoms with E-state index >= 15 is 0 Å². The minimum Gasteiger partial charge on any atom is -0.150 e. The van der Waals surface area contributed by atoms with Gasteiger partial charge in [-0.1, -0.05) is 55.4 Å². The first-order valence-electron chi connectivity index (χ1n) is 6.91. The quantitative estimate of drug-likeness (QED) is 0.521. The van der Waals surface area contributed by atoms with Crippen molar-refractivity contribution in [2.75, 3.05) is 11.5 Å². The van der Waals surface area contributed by atoms with Gasteiger partial charge >= 0.3 is 0 Å². The minimum atomic E-state index is 0.654. The average Bonchev–Trinajstić information content (AvgIpc) is 3.05. The summed E-state index contributed by atoms with van der Waals surface area (Å²) in [5.41, 5.74) is 0. The molecule has 98 valence electrons. The van der Waals surface area contributed by atoms with Crippen LogP contribution in [-0.4, -0.2) is 16.8 Å². The number of hydrogen-bond donors (Lipinski definition) is 0. The van der Waals surface area contributed by atoms with Crippen LogP contribution in [0.1, 0.15) is 32.1 Å². The zero-order chi connectivity index (χ0) is 12.5. The SMILES string of the molecule is C1=CC(SCCCCCCSC2=CCC=C2)C=C1. The summed E-state index contributed by atoms with van der Waals surface area (Å²) in [5.74, 6) is 2.60. The van der Waals surface area contributed by atoms with Gasteiger partial charge in [-0.05, 0) is 30.8 Å². The maximum absolute atomic E-state index is 2.32. The van der Waals surface area contributed by atoms with E-state index in [1.165, 1.54) is 42.1 Å². The number of thioether (sulfide) groups is 2. The Morgan fingerprint density at radius 2 is 1.78 bits per heavy atom. The maximum atomic E-state index is 2.32. The second-order valence-corrected chi connectivity index (χ2v) is 7.07. The Bertz CT molecular complexity index is 338. The molecule has 2 rings (SSSR count). The molecule has 0 aromatic heterocycles. The van der Waals surface area contributed by atoms with E-state index in [2.05, 4.69) is 54.3 Å². The van der Waals surface area contributed by atoms with E-state index in [4.69, 9.17) is 0 Å². The summed E-state index contributed by atoms with van der Waals surface area (Å²) in [6.07, 6.45) is 22.3. The molecule has 0 amide bonds. The van der Waals surface area contributed by atoms with Gasteiger partial charge in [0.1, 0.15) is 0 Å². The Balaban J connectivity index is 1.36. The van der Waals surface area contributed by atoms with Gasteiger partial charge in [-0.25, -0.2) is 0 Å². The van der Waals surface area contributed by atoms with E-state index in [9.17, 15) is 0 Å². The highest BCUT2D eigenvalue weighted by Gasteiger charge is 2.03. The third-order valence-electron chi connectivity index (χ3n) is 3.07. The molecule has 0 radical (unpaired) electrons. The molecule has 0 saturated carbocycles. The number of hydrogen-bond acceptors (Lipinski definition) is 2. The fourth-order valence-corrected chi connectivity index (χ4v) is 4.07. The predicted molar refractivity (Wildman–Crippen MR) is 87.3 cm³/mol. The second-order valence-electron chi connectivity index (χ2n) is 4.61. The van der Waals surface area contributed by atoms with Crippen molar-refractivity contribution in [3.8, 4) is 0 Å². The molecule has 18 heavy (non-hydrogen) atoms. The topological polar surface area (TPSA) is 0 Å². The maximum Gasteiger partial charge on any atom is 0.0413 e.